The fourth-order valence-corrected chi connectivity index (χ4v) is 5.04. The van der Waals surface area contributed by atoms with E-state index in [-0.39, 0.29) is 18.4 Å². The standard InChI is InChI=1S/C29H41FN4O4S/c1-20(2)18-32-29(36)27(17-30)31-19-25-14-22-11-7-10-21(12-22)8-5-6-9-23-13-24(28(35)33-25)16-26(15-23)34(3)39(4,37)38/h7,10-13,15-16,20,25,27,31H,5-6,8-9,14,17-19H2,1-4H3,(H,32,36)(H,33,35)/t25-,27?/m0/s1. The van der Waals surface area contributed by atoms with Crippen LogP contribution in [0.15, 0.2) is 42.5 Å². The summed E-state index contributed by atoms with van der Waals surface area (Å²) in [5.74, 6) is -0.537. The third kappa shape index (κ3) is 9.32. The number of hydrogen-bond donors (Lipinski definition) is 3. The molecule has 1 aliphatic rings. The van der Waals surface area contributed by atoms with Gasteiger partial charge in [-0.2, -0.15) is 0 Å². The first-order valence-electron chi connectivity index (χ1n) is 13.5. The molecule has 0 aliphatic carbocycles. The quantitative estimate of drug-likeness (QED) is 0.437. The lowest BCUT2D eigenvalue weighted by molar-refractivity contribution is -0.123. The number of carbonyl (C=O) groups is 2. The predicted octanol–water partition coefficient (Wildman–Crippen LogP) is 3.00. The van der Waals surface area contributed by atoms with Gasteiger partial charge in [0.25, 0.3) is 5.91 Å². The van der Waals surface area contributed by atoms with Gasteiger partial charge in [-0.05, 0) is 72.9 Å². The molecule has 3 rings (SSSR count). The molecule has 2 aromatic rings. The lowest BCUT2D eigenvalue weighted by Crippen LogP contribution is -2.52. The summed E-state index contributed by atoms with van der Waals surface area (Å²) in [6.45, 7) is 3.68. The number of amides is 2. The van der Waals surface area contributed by atoms with Crippen LogP contribution in [-0.2, 0) is 34.1 Å². The Morgan fingerprint density at radius 1 is 1.10 bits per heavy atom. The van der Waals surface area contributed by atoms with Crippen molar-refractivity contribution in [3.8, 4) is 0 Å². The van der Waals surface area contributed by atoms with E-state index in [1.54, 1.807) is 12.1 Å². The third-order valence-corrected chi connectivity index (χ3v) is 8.06. The number of aryl methyl sites for hydroxylation is 2. The molecule has 0 saturated carbocycles. The Labute approximate surface area is 231 Å². The smallest absolute Gasteiger partial charge is 0.251 e. The van der Waals surface area contributed by atoms with Crippen molar-refractivity contribution in [1.29, 1.82) is 0 Å². The summed E-state index contributed by atoms with van der Waals surface area (Å²) in [5.41, 5.74) is 3.89. The maximum Gasteiger partial charge on any atom is 0.251 e. The topological polar surface area (TPSA) is 108 Å². The van der Waals surface area contributed by atoms with Crippen molar-refractivity contribution in [2.75, 3.05) is 37.4 Å². The molecule has 0 spiro atoms. The van der Waals surface area contributed by atoms with Gasteiger partial charge < -0.3 is 16.0 Å². The summed E-state index contributed by atoms with van der Waals surface area (Å²) in [4.78, 5) is 26.0. The van der Waals surface area contributed by atoms with Crippen molar-refractivity contribution in [2.45, 2.75) is 58.0 Å². The molecule has 8 nitrogen and oxygen atoms in total. The van der Waals surface area contributed by atoms with Crippen LogP contribution in [0.5, 0.6) is 0 Å². The minimum atomic E-state index is -3.52. The zero-order valence-corrected chi connectivity index (χ0v) is 24.1. The first kappa shape index (κ1) is 30.6. The summed E-state index contributed by atoms with van der Waals surface area (Å²) in [6, 6.07) is 11.9. The van der Waals surface area contributed by atoms with E-state index in [4.69, 9.17) is 0 Å². The number of fused-ring (bicyclic) bond motifs is 4. The molecule has 4 bridgehead atoms. The highest BCUT2D eigenvalue weighted by molar-refractivity contribution is 7.92. The molecule has 0 fully saturated rings. The van der Waals surface area contributed by atoms with Gasteiger partial charge in [-0.15, -0.1) is 0 Å². The van der Waals surface area contributed by atoms with Crippen molar-refractivity contribution in [2.24, 2.45) is 5.92 Å². The lowest BCUT2D eigenvalue weighted by atomic mass is 9.97. The zero-order valence-electron chi connectivity index (χ0n) is 23.3. The van der Waals surface area contributed by atoms with Gasteiger partial charge in [0.1, 0.15) is 12.7 Å². The molecule has 214 valence electrons. The number of sulfonamides is 1. The van der Waals surface area contributed by atoms with Crippen LogP contribution in [0.1, 0.15) is 53.7 Å². The van der Waals surface area contributed by atoms with Crippen LogP contribution in [0.2, 0.25) is 0 Å². The van der Waals surface area contributed by atoms with Gasteiger partial charge in [-0.1, -0.05) is 38.1 Å². The number of rotatable bonds is 9. The number of nitrogens with zero attached hydrogens (tertiary/aromatic N) is 1. The predicted molar refractivity (Wildman–Crippen MR) is 153 cm³/mol. The van der Waals surface area contributed by atoms with Crippen LogP contribution < -0.4 is 20.3 Å². The molecular formula is C29H41FN4O4S. The molecular weight excluding hydrogens is 519 g/mol. The van der Waals surface area contributed by atoms with Gasteiger partial charge in [0, 0.05) is 31.7 Å². The van der Waals surface area contributed by atoms with Crippen LogP contribution >= 0.6 is 0 Å². The summed E-state index contributed by atoms with van der Waals surface area (Å²) in [7, 11) is -2.05. The van der Waals surface area contributed by atoms with E-state index in [1.165, 1.54) is 16.9 Å². The SMILES string of the molecule is CC(C)CNC(=O)C(CF)NC[C@@H]1Cc2cccc(c2)CCCCc2cc(cc(N(C)S(C)(=O)=O)c2)C(=O)N1. The van der Waals surface area contributed by atoms with Gasteiger partial charge in [-0.25, -0.2) is 12.8 Å². The Balaban J connectivity index is 1.89. The van der Waals surface area contributed by atoms with E-state index >= 15 is 0 Å². The number of halogens is 1. The monoisotopic (exact) mass is 560 g/mol. The van der Waals surface area contributed by atoms with E-state index in [1.807, 2.05) is 32.0 Å². The molecule has 2 aromatic carbocycles. The van der Waals surface area contributed by atoms with Crippen molar-refractivity contribution in [3.05, 3.63) is 64.7 Å². The molecule has 0 saturated heterocycles. The van der Waals surface area contributed by atoms with Crippen LogP contribution in [0.4, 0.5) is 10.1 Å². The van der Waals surface area contributed by atoms with Crippen molar-refractivity contribution in [3.63, 3.8) is 0 Å². The molecule has 39 heavy (non-hydrogen) atoms. The molecule has 10 heteroatoms. The largest absolute Gasteiger partial charge is 0.354 e. The van der Waals surface area contributed by atoms with Crippen molar-refractivity contribution >= 4 is 27.5 Å². The average molecular weight is 561 g/mol. The third-order valence-electron chi connectivity index (χ3n) is 6.86. The van der Waals surface area contributed by atoms with Crippen LogP contribution in [0, 0.1) is 5.92 Å². The minimum Gasteiger partial charge on any atom is -0.354 e. The molecule has 3 N–H and O–H groups in total. The van der Waals surface area contributed by atoms with Gasteiger partial charge in [0.2, 0.25) is 15.9 Å². The second-order valence-corrected chi connectivity index (χ2v) is 12.8. The maximum atomic E-state index is 13.8. The second kappa shape index (κ2) is 13.9. The molecule has 1 unspecified atom stereocenters. The Morgan fingerprint density at radius 2 is 1.79 bits per heavy atom. The highest BCUT2D eigenvalue weighted by atomic mass is 32.2. The molecule has 1 heterocycles. The van der Waals surface area contributed by atoms with Crippen molar-refractivity contribution < 1.29 is 22.4 Å². The summed E-state index contributed by atoms with van der Waals surface area (Å²) in [5, 5.41) is 8.78. The van der Waals surface area contributed by atoms with Gasteiger partial charge in [-0.3, -0.25) is 13.9 Å². The number of hydrogen-bond acceptors (Lipinski definition) is 5. The molecule has 0 radical (unpaired) electrons. The molecule has 2 atom stereocenters. The van der Waals surface area contributed by atoms with Crippen LogP contribution in [-0.4, -0.2) is 65.4 Å². The Morgan fingerprint density at radius 3 is 2.46 bits per heavy atom. The average Bonchev–Trinajstić information content (AvgIpc) is 2.88. The minimum absolute atomic E-state index is 0.176. The van der Waals surface area contributed by atoms with Gasteiger partial charge >= 0.3 is 0 Å². The number of anilines is 1. The summed E-state index contributed by atoms with van der Waals surface area (Å²) < 4.78 is 39.4. The fraction of sp³-hybridized carbons (Fsp3) is 0.517. The number of nitrogens with one attached hydrogen (secondary N) is 3. The normalized spacial score (nSPS) is 17.2. The van der Waals surface area contributed by atoms with Crippen LogP contribution in [0.25, 0.3) is 0 Å². The number of carbonyl (C=O) groups excluding carboxylic acids is 2. The first-order valence-corrected chi connectivity index (χ1v) is 15.3. The highest BCUT2D eigenvalue weighted by Crippen LogP contribution is 2.23. The Kier molecular flexibility index (Phi) is 10.9. The van der Waals surface area contributed by atoms with E-state index < -0.39 is 34.7 Å². The van der Waals surface area contributed by atoms with Gasteiger partial charge in [0.05, 0.1) is 11.9 Å². The van der Waals surface area contributed by atoms with Gasteiger partial charge in [0.15, 0.2) is 0 Å². The first-order chi connectivity index (χ1) is 18.5. The van der Waals surface area contributed by atoms with Crippen molar-refractivity contribution in [1.82, 2.24) is 16.0 Å². The van der Waals surface area contributed by atoms with E-state index in [2.05, 4.69) is 28.1 Å². The Hall–Kier alpha value is -2.98. The highest BCUT2D eigenvalue weighted by Gasteiger charge is 2.23. The molecule has 1 aliphatic heterocycles. The Bertz CT molecular complexity index is 1250. The van der Waals surface area contributed by atoms with E-state index in [0.717, 1.165) is 36.6 Å². The van der Waals surface area contributed by atoms with E-state index in [0.29, 0.717) is 30.6 Å². The molecule has 2 amide bonds. The van der Waals surface area contributed by atoms with E-state index in [9.17, 15) is 22.4 Å². The maximum absolute atomic E-state index is 13.8. The number of benzene rings is 2. The zero-order chi connectivity index (χ0) is 28.6. The lowest BCUT2D eigenvalue weighted by Gasteiger charge is -2.24. The fourth-order valence-electron chi connectivity index (χ4n) is 4.55. The number of alkyl halides is 1. The summed E-state index contributed by atoms with van der Waals surface area (Å²) >= 11 is 0. The summed E-state index contributed by atoms with van der Waals surface area (Å²) in [6.07, 6.45) is 5.06. The second-order valence-electron chi connectivity index (χ2n) is 10.8. The van der Waals surface area contributed by atoms with Crippen LogP contribution in [0.3, 0.4) is 0 Å². The molecule has 0 aromatic heterocycles.